The van der Waals surface area contributed by atoms with Gasteiger partial charge in [0.15, 0.2) is 0 Å². The van der Waals surface area contributed by atoms with Crippen LogP contribution in [0.5, 0.6) is 0 Å². The van der Waals surface area contributed by atoms with Crippen LogP contribution < -0.4 is 5.73 Å². The predicted octanol–water partition coefficient (Wildman–Crippen LogP) is 4.71. The molecule has 0 amide bonds. The Balaban J connectivity index is 2.17. The molecule has 1 aliphatic rings. The van der Waals surface area contributed by atoms with E-state index in [1.54, 1.807) is 0 Å². The van der Waals surface area contributed by atoms with E-state index < -0.39 is 0 Å². The molecule has 0 radical (unpaired) electrons. The molecule has 110 valence electrons. The Kier molecular flexibility index (Phi) is 3.41. The number of hydrogen-bond donors (Lipinski definition) is 1. The Labute approximate surface area is 128 Å². The lowest BCUT2D eigenvalue weighted by atomic mass is 9.86. The van der Waals surface area contributed by atoms with Crippen molar-refractivity contribution in [3.63, 3.8) is 0 Å². The van der Waals surface area contributed by atoms with Crippen molar-refractivity contribution in [2.75, 3.05) is 0 Å². The van der Waals surface area contributed by atoms with Gasteiger partial charge >= 0.3 is 0 Å². The minimum atomic E-state index is 0.365. The number of rotatable bonds is 2. The van der Waals surface area contributed by atoms with Crippen molar-refractivity contribution < 1.29 is 0 Å². The lowest BCUT2D eigenvalue weighted by Crippen LogP contribution is -2.02. The molecule has 1 heteroatoms. The van der Waals surface area contributed by atoms with Crippen LogP contribution in [0.2, 0.25) is 0 Å². The van der Waals surface area contributed by atoms with Crippen LogP contribution in [-0.4, -0.2) is 6.04 Å². The number of nitrogens with two attached hydrogens (primary N) is 1. The molecule has 1 fully saturated rings. The average Bonchev–Trinajstić information content (AvgIpc) is 3.21. The summed E-state index contributed by atoms with van der Waals surface area (Å²) in [6.07, 6.45) is 1.13. The molecule has 1 nitrogen and oxygen atoms in total. The summed E-state index contributed by atoms with van der Waals surface area (Å²) < 4.78 is 0. The van der Waals surface area contributed by atoms with E-state index in [1.807, 2.05) is 0 Å². The molecular weight excluding hydrogens is 254 g/mol. The Morgan fingerprint density at radius 3 is 1.90 bits per heavy atom. The molecule has 0 spiro atoms. The molecule has 0 bridgehead atoms. The fourth-order valence-corrected chi connectivity index (χ4v) is 3.46. The van der Waals surface area contributed by atoms with Crippen molar-refractivity contribution in [3.8, 4) is 11.1 Å². The third kappa shape index (κ3) is 2.30. The molecule has 1 saturated carbocycles. The van der Waals surface area contributed by atoms with E-state index in [2.05, 4.69) is 58.9 Å². The van der Waals surface area contributed by atoms with E-state index >= 15 is 0 Å². The highest BCUT2D eigenvalue weighted by Gasteiger charge is 2.34. The van der Waals surface area contributed by atoms with E-state index in [4.69, 9.17) is 5.73 Å². The largest absolute Gasteiger partial charge is 0.327 e. The van der Waals surface area contributed by atoms with Crippen LogP contribution in [0.3, 0.4) is 0 Å². The molecule has 0 heterocycles. The molecular formula is C20H25N. The van der Waals surface area contributed by atoms with Gasteiger partial charge in [-0.05, 0) is 85.5 Å². The highest BCUT2D eigenvalue weighted by atomic mass is 14.7. The average molecular weight is 279 g/mol. The van der Waals surface area contributed by atoms with E-state index in [9.17, 15) is 0 Å². The second-order valence-electron chi connectivity index (χ2n) is 6.63. The molecule has 0 aliphatic heterocycles. The smallest absolute Gasteiger partial charge is 0.0115 e. The van der Waals surface area contributed by atoms with Crippen LogP contribution in [0, 0.1) is 34.6 Å². The molecule has 2 atom stereocenters. The second-order valence-corrected chi connectivity index (χ2v) is 6.63. The third-order valence-corrected chi connectivity index (χ3v) is 5.44. The highest BCUT2D eigenvalue weighted by Crippen LogP contribution is 2.41. The Morgan fingerprint density at radius 2 is 1.38 bits per heavy atom. The maximum Gasteiger partial charge on any atom is 0.0115 e. The van der Waals surface area contributed by atoms with Gasteiger partial charge in [-0.3, -0.25) is 0 Å². The van der Waals surface area contributed by atoms with Crippen molar-refractivity contribution in [3.05, 3.63) is 57.6 Å². The summed E-state index contributed by atoms with van der Waals surface area (Å²) in [5.74, 6) is 0.568. The second kappa shape index (κ2) is 4.99. The zero-order chi connectivity index (χ0) is 15.3. The molecule has 2 unspecified atom stereocenters. The van der Waals surface area contributed by atoms with Crippen LogP contribution in [0.1, 0.15) is 45.7 Å². The topological polar surface area (TPSA) is 26.0 Å². The first-order valence-corrected chi connectivity index (χ1v) is 7.84. The molecule has 0 saturated heterocycles. The van der Waals surface area contributed by atoms with E-state index in [1.165, 1.54) is 44.5 Å². The Morgan fingerprint density at radius 1 is 0.857 bits per heavy atom. The molecule has 3 rings (SSSR count). The molecule has 0 aromatic heterocycles. The molecule has 2 aromatic rings. The highest BCUT2D eigenvalue weighted by molar-refractivity contribution is 5.75. The summed E-state index contributed by atoms with van der Waals surface area (Å²) in [6.45, 7) is 11.2. The van der Waals surface area contributed by atoms with Gasteiger partial charge in [-0.2, -0.15) is 0 Å². The summed E-state index contributed by atoms with van der Waals surface area (Å²) in [5.41, 5.74) is 17.2. The quantitative estimate of drug-likeness (QED) is 0.846. The third-order valence-electron chi connectivity index (χ3n) is 5.44. The van der Waals surface area contributed by atoms with Gasteiger partial charge in [-0.15, -0.1) is 0 Å². The van der Waals surface area contributed by atoms with Gasteiger partial charge in [-0.1, -0.05) is 24.3 Å². The summed E-state index contributed by atoms with van der Waals surface area (Å²) in [6, 6.07) is 9.35. The molecule has 2 N–H and O–H groups in total. The molecule has 21 heavy (non-hydrogen) atoms. The van der Waals surface area contributed by atoms with Gasteiger partial charge in [0.2, 0.25) is 0 Å². The fraction of sp³-hybridized carbons (Fsp3) is 0.400. The summed E-state index contributed by atoms with van der Waals surface area (Å²) >= 11 is 0. The van der Waals surface area contributed by atoms with Crippen LogP contribution in [-0.2, 0) is 0 Å². The van der Waals surface area contributed by atoms with Gasteiger partial charge in [0.05, 0.1) is 0 Å². The van der Waals surface area contributed by atoms with Crippen LogP contribution in [0.25, 0.3) is 11.1 Å². The normalized spacial score (nSPS) is 20.7. The van der Waals surface area contributed by atoms with Crippen LogP contribution in [0.15, 0.2) is 24.3 Å². The minimum absolute atomic E-state index is 0.365. The van der Waals surface area contributed by atoms with Gasteiger partial charge < -0.3 is 5.73 Å². The summed E-state index contributed by atoms with van der Waals surface area (Å²) in [4.78, 5) is 0. The zero-order valence-corrected chi connectivity index (χ0v) is 13.7. The first-order valence-electron chi connectivity index (χ1n) is 7.84. The van der Waals surface area contributed by atoms with Crippen molar-refractivity contribution in [2.45, 2.75) is 53.0 Å². The zero-order valence-electron chi connectivity index (χ0n) is 13.7. The predicted molar refractivity (Wildman–Crippen MR) is 90.9 cm³/mol. The standard InChI is InChI=1S/C20H25N/c1-11-12(2)14(4)20(15(5)13(11)3)17-8-6-7-16(9-17)18-10-19(18)21/h6-9,18-19H,10,21H2,1-5H3. The van der Waals surface area contributed by atoms with E-state index in [0.29, 0.717) is 12.0 Å². The lowest BCUT2D eigenvalue weighted by molar-refractivity contribution is 0.991. The first-order chi connectivity index (χ1) is 9.91. The van der Waals surface area contributed by atoms with Crippen molar-refractivity contribution >= 4 is 0 Å². The summed E-state index contributed by atoms with van der Waals surface area (Å²) in [5, 5.41) is 0. The molecule has 2 aromatic carbocycles. The number of benzene rings is 2. The maximum absolute atomic E-state index is 6.02. The van der Waals surface area contributed by atoms with Gasteiger partial charge in [0, 0.05) is 12.0 Å². The molecule has 1 aliphatic carbocycles. The van der Waals surface area contributed by atoms with Crippen LogP contribution >= 0.6 is 0 Å². The van der Waals surface area contributed by atoms with E-state index in [-0.39, 0.29) is 0 Å². The van der Waals surface area contributed by atoms with Crippen molar-refractivity contribution in [2.24, 2.45) is 5.73 Å². The monoisotopic (exact) mass is 279 g/mol. The van der Waals surface area contributed by atoms with E-state index in [0.717, 1.165) is 6.42 Å². The van der Waals surface area contributed by atoms with Crippen LogP contribution in [0.4, 0.5) is 0 Å². The summed E-state index contributed by atoms with van der Waals surface area (Å²) in [7, 11) is 0. The van der Waals surface area contributed by atoms with Crippen molar-refractivity contribution in [1.82, 2.24) is 0 Å². The van der Waals surface area contributed by atoms with Gasteiger partial charge in [0.25, 0.3) is 0 Å². The first kappa shape index (κ1) is 14.3. The maximum atomic E-state index is 6.02. The Hall–Kier alpha value is -1.60. The SMILES string of the molecule is Cc1c(C)c(C)c(-c2cccc(C3CC3N)c2)c(C)c1C. The lowest BCUT2D eigenvalue weighted by Gasteiger charge is -2.19. The minimum Gasteiger partial charge on any atom is -0.327 e. The fourth-order valence-electron chi connectivity index (χ4n) is 3.46. The van der Waals surface area contributed by atoms with Gasteiger partial charge in [0.1, 0.15) is 0 Å². The van der Waals surface area contributed by atoms with Crippen molar-refractivity contribution in [1.29, 1.82) is 0 Å². The van der Waals surface area contributed by atoms with Gasteiger partial charge in [-0.25, -0.2) is 0 Å². The Bertz CT molecular complexity index is 683. The number of hydrogen-bond acceptors (Lipinski definition) is 1.